The van der Waals surface area contributed by atoms with Crippen molar-refractivity contribution in [3.63, 3.8) is 0 Å². The number of carbonyl (C=O) groups excluding carboxylic acids is 1. The highest BCUT2D eigenvalue weighted by Crippen LogP contribution is 2.31. The third-order valence-corrected chi connectivity index (χ3v) is 7.25. The first kappa shape index (κ1) is 26.7. The normalized spacial score (nSPS) is 14.6. The van der Waals surface area contributed by atoms with Gasteiger partial charge in [-0.25, -0.2) is 4.99 Å². The predicted octanol–water partition coefficient (Wildman–Crippen LogP) is 4.17. The van der Waals surface area contributed by atoms with E-state index in [1.54, 1.807) is 35.8 Å². The van der Waals surface area contributed by atoms with Gasteiger partial charge in [-0.05, 0) is 55.3 Å². The van der Waals surface area contributed by atoms with Crippen molar-refractivity contribution in [3.05, 3.63) is 121 Å². The maximum Gasteiger partial charge on any atom is 0.271 e. The zero-order valence-electron chi connectivity index (χ0n) is 22.0. The number of carbonyl (C=O) groups is 1. The molecular weight excluding hydrogens is 524 g/mol. The van der Waals surface area contributed by atoms with Crippen molar-refractivity contribution in [2.24, 2.45) is 4.99 Å². The number of allylic oxidation sites excluding steroid dienone is 1. The van der Waals surface area contributed by atoms with E-state index in [0.29, 0.717) is 44.4 Å². The standard InChI is InChI=1S/C31H26N4O4S/c1-3-38-25-18-21(14-15-24(25)39-17-16-32)19-26-30(37)35-28(22-10-6-4-7-11-22)27(20(2)33-31(35)40-26)29(36)34-23-12-8-5-9-13-23/h4-15,18-19,28H,3,17H2,1-2H3,(H,34,36)/b26-19-/t28-/m1/s1. The Hall–Kier alpha value is -4.94. The molecule has 9 heteroatoms. The second kappa shape index (κ2) is 11.8. The third kappa shape index (κ3) is 5.44. The average Bonchev–Trinajstić information content (AvgIpc) is 3.26. The molecule has 1 N–H and O–H groups in total. The van der Waals surface area contributed by atoms with Gasteiger partial charge in [0.2, 0.25) is 0 Å². The van der Waals surface area contributed by atoms with Crippen molar-refractivity contribution in [1.82, 2.24) is 4.57 Å². The Morgan fingerprint density at radius 1 is 1.07 bits per heavy atom. The predicted molar refractivity (Wildman–Crippen MR) is 154 cm³/mol. The first-order chi connectivity index (χ1) is 19.5. The van der Waals surface area contributed by atoms with Gasteiger partial charge >= 0.3 is 0 Å². The van der Waals surface area contributed by atoms with Crippen molar-refractivity contribution in [3.8, 4) is 17.6 Å². The van der Waals surface area contributed by atoms with E-state index >= 15 is 0 Å². The maximum atomic E-state index is 13.9. The van der Waals surface area contributed by atoms with E-state index in [1.165, 1.54) is 11.3 Å². The Kier molecular flexibility index (Phi) is 7.89. The molecule has 5 rings (SSSR count). The van der Waals surface area contributed by atoms with Gasteiger partial charge in [-0.1, -0.05) is 65.9 Å². The molecule has 0 saturated heterocycles. The van der Waals surface area contributed by atoms with Crippen molar-refractivity contribution in [2.45, 2.75) is 19.9 Å². The van der Waals surface area contributed by atoms with Gasteiger partial charge in [0.15, 0.2) is 22.9 Å². The van der Waals surface area contributed by atoms with E-state index in [1.807, 2.05) is 73.7 Å². The molecule has 0 unspecified atom stereocenters. The molecule has 3 aromatic carbocycles. The second-order valence-electron chi connectivity index (χ2n) is 8.90. The van der Waals surface area contributed by atoms with Crippen LogP contribution in [0.4, 0.5) is 5.69 Å². The monoisotopic (exact) mass is 550 g/mol. The van der Waals surface area contributed by atoms with Crippen molar-refractivity contribution < 1.29 is 14.3 Å². The molecule has 0 radical (unpaired) electrons. The topological polar surface area (TPSA) is 106 Å². The molecule has 0 fully saturated rings. The van der Waals surface area contributed by atoms with E-state index in [2.05, 4.69) is 10.3 Å². The number of amides is 1. The minimum Gasteiger partial charge on any atom is -0.490 e. The largest absolute Gasteiger partial charge is 0.490 e. The Morgan fingerprint density at radius 2 is 1.80 bits per heavy atom. The number of benzene rings is 3. The van der Waals surface area contributed by atoms with E-state index in [0.717, 1.165) is 11.1 Å². The summed E-state index contributed by atoms with van der Waals surface area (Å²) < 4.78 is 13.2. The van der Waals surface area contributed by atoms with Crippen LogP contribution in [0.1, 0.15) is 31.0 Å². The zero-order chi connectivity index (χ0) is 28.1. The quantitative estimate of drug-likeness (QED) is 0.354. The minimum absolute atomic E-state index is 0.100. The summed E-state index contributed by atoms with van der Waals surface area (Å²) in [6, 6.07) is 25.3. The molecule has 40 heavy (non-hydrogen) atoms. The SMILES string of the molecule is CCOc1cc(/C=c2\sc3n(c2=O)[C@H](c2ccccc2)C(C(=O)Nc2ccccc2)=C(C)N=3)ccc1OCC#N. The van der Waals surface area contributed by atoms with Crippen LogP contribution in [0.3, 0.4) is 0 Å². The van der Waals surface area contributed by atoms with E-state index in [4.69, 9.17) is 14.7 Å². The average molecular weight is 551 g/mol. The lowest BCUT2D eigenvalue weighted by atomic mass is 9.95. The highest BCUT2D eigenvalue weighted by molar-refractivity contribution is 7.07. The molecule has 1 atom stereocenters. The fourth-order valence-electron chi connectivity index (χ4n) is 4.55. The van der Waals surface area contributed by atoms with E-state index < -0.39 is 6.04 Å². The molecule has 0 spiro atoms. The summed E-state index contributed by atoms with van der Waals surface area (Å²) in [6.45, 7) is 3.97. The molecule has 1 aliphatic heterocycles. The number of aromatic nitrogens is 1. The number of fused-ring (bicyclic) bond motifs is 1. The van der Waals surface area contributed by atoms with Crippen LogP contribution < -0.4 is 29.7 Å². The Morgan fingerprint density at radius 3 is 2.50 bits per heavy atom. The minimum atomic E-state index is -0.649. The van der Waals surface area contributed by atoms with Gasteiger partial charge in [-0.15, -0.1) is 0 Å². The number of hydrogen-bond acceptors (Lipinski definition) is 7. The number of nitriles is 1. The van der Waals surface area contributed by atoms with Gasteiger partial charge in [0.05, 0.1) is 28.5 Å². The van der Waals surface area contributed by atoms with Gasteiger partial charge in [0.25, 0.3) is 11.5 Å². The number of ether oxygens (including phenoxy) is 2. The lowest BCUT2D eigenvalue weighted by Gasteiger charge is -2.25. The molecule has 200 valence electrons. The fourth-order valence-corrected chi connectivity index (χ4v) is 5.59. The van der Waals surface area contributed by atoms with Crippen LogP contribution >= 0.6 is 11.3 Å². The number of anilines is 1. The molecule has 1 amide bonds. The lowest BCUT2D eigenvalue weighted by molar-refractivity contribution is -0.113. The number of hydrogen-bond donors (Lipinski definition) is 1. The van der Waals surface area contributed by atoms with Gasteiger partial charge in [-0.2, -0.15) is 5.26 Å². The van der Waals surface area contributed by atoms with Gasteiger partial charge in [0.1, 0.15) is 6.07 Å². The highest BCUT2D eigenvalue weighted by Gasteiger charge is 2.32. The third-order valence-electron chi connectivity index (χ3n) is 6.27. The molecular formula is C31H26N4O4S. The Balaban J connectivity index is 1.61. The maximum absolute atomic E-state index is 13.9. The van der Waals surface area contributed by atoms with Crippen molar-refractivity contribution in [1.29, 1.82) is 5.26 Å². The highest BCUT2D eigenvalue weighted by atomic mass is 32.1. The molecule has 1 aromatic heterocycles. The van der Waals surface area contributed by atoms with Crippen LogP contribution in [-0.2, 0) is 4.79 Å². The smallest absolute Gasteiger partial charge is 0.271 e. The van der Waals surface area contributed by atoms with Crippen LogP contribution in [-0.4, -0.2) is 23.7 Å². The summed E-state index contributed by atoms with van der Waals surface area (Å²) in [5.74, 6) is 0.623. The molecule has 0 saturated carbocycles. The van der Waals surface area contributed by atoms with Crippen LogP contribution in [0, 0.1) is 11.3 Å². The number of nitrogens with one attached hydrogen (secondary N) is 1. The van der Waals surface area contributed by atoms with Gasteiger partial charge in [0, 0.05) is 5.69 Å². The second-order valence-corrected chi connectivity index (χ2v) is 9.91. The summed E-state index contributed by atoms with van der Waals surface area (Å²) in [6.07, 6.45) is 1.77. The molecule has 2 heterocycles. The molecule has 4 aromatic rings. The van der Waals surface area contributed by atoms with Crippen LogP contribution in [0.5, 0.6) is 11.5 Å². The van der Waals surface area contributed by atoms with Crippen molar-refractivity contribution >= 4 is 29.0 Å². The van der Waals surface area contributed by atoms with E-state index in [9.17, 15) is 9.59 Å². The first-order valence-electron chi connectivity index (χ1n) is 12.7. The number of para-hydroxylation sites is 1. The van der Waals surface area contributed by atoms with E-state index in [-0.39, 0.29) is 18.1 Å². The van der Waals surface area contributed by atoms with Crippen molar-refractivity contribution in [2.75, 3.05) is 18.5 Å². The summed E-state index contributed by atoms with van der Waals surface area (Å²) in [5.41, 5.74) is 2.90. The Bertz CT molecular complexity index is 1800. The van der Waals surface area contributed by atoms with Gasteiger partial charge in [-0.3, -0.25) is 14.2 Å². The number of rotatable bonds is 8. The molecule has 0 bridgehead atoms. The van der Waals surface area contributed by atoms with Crippen LogP contribution in [0.2, 0.25) is 0 Å². The summed E-state index contributed by atoms with van der Waals surface area (Å²) in [4.78, 5) is 32.7. The summed E-state index contributed by atoms with van der Waals surface area (Å²) in [5, 5.41) is 11.8. The molecule has 8 nitrogen and oxygen atoms in total. The first-order valence-corrected chi connectivity index (χ1v) is 13.5. The fraction of sp³-hybridized carbons (Fsp3) is 0.161. The van der Waals surface area contributed by atoms with Crippen LogP contribution in [0.25, 0.3) is 6.08 Å². The molecule has 0 aliphatic carbocycles. The zero-order valence-corrected chi connectivity index (χ0v) is 22.8. The van der Waals surface area contributed by atoms with Crippen LogP contribution in [0.15, 0.2) is 99.9 Å². The lowest BCUT2D eigenvalue weighted by Crippen LogP contribution is -2.40. The summed E-state index contributed by atoms with van der Waals surface area (Å²) >= 11 is 1.26. The summed E-state index contributed by atoms with van der Waals surface area (Å²) in [7, 11) is 0. The van der Waals surface area contributed by atoms with Gasteiger partial charge < -0.3 is 14.8 Å². The molecule has 1 aliphatic rings. The number of nitrogens with zero attached hydrogens (tertiary/aromatic N) is 3. The Labute approximate surface area is 234 Å². The number of thiazole rings is 1.